The first-order chi connectivity index (χ1) is 57.4. The van der Waals surface area contributed by atoms with Crippen molar-refractivity contribution in [2.24, 2.45) is 22.4 Å². The molecule has 0 spiro atoms. The number of aromatic nitrogens is 1. The van der Waals surface area contributed by atoms with Crippen LogP contribution in [0.1, 0.15) is 94.3 Å². The summed E-state index contributed by atoms with van der Waals surface area (Å²) in [7, 11) is 1.97. The number of nitrogens with one attached hydrogen (secondary N) is 2. The highest BCUT2D eigenvalue weighted by Gasteiger charge is 2.55. The second-order valence-electron chi connectivity index (χ2n) is 29.0. The van der Waals surface area contributed by atoms with Crippen LogP contribution in [-0.4, -0.2) is 317 Å². The molecule has 34 heteroatoms. The van der Waals surface area contributed by atoms with Gasteiger partial charge in [-0.05, 0) is 134 Å². The van der Waals surface area contributed by atoms with Gasteiger partial charge < -0.3 is 120 Å². The van der Waals surface area contributed by atoms with E-state index < -0.39 is 34.0 Å². The van der Waals surface area contributed by atoms with Gasteiger partial charge in [0.15, 0.2) is 13.2 Å². The van der Waals surface area contributed by atoms with Gasteiger partial charge in [-0.3, -0.25) is 14.1 Å². The normalized spacial score (nSPS) is 17.5. The molecule has 1 heterocycles. The Morgan fingerprint density at radius 1 is 0.551 bits per heavy atom. The lowest BCUT2D eigenvalue weighted by Gasteiger charge is -2.50. The Hall–Kier alpha value is -6.98. The molecule has 0 bridgehead atoms. The number of aromatic hydroxyl groups is 1. The summed E-state index contributed by atoms with van der Waals surface area (Å²) in [6, 6.07) is 19.0. The van der Waals surface area contributed by atoms with Crippen LogP contribution in [-0.2, 0) is 107 Å². The zero-order valence-electron chi connectivity index (χ0n) is 69.6. The zero-order valence-corrected chi connectivity index (χ0v) is 70.4. The molecule has 3 aliphatic carbocycles. The minimum absolute atomic E-state index is 0.0136. The molecule has 0 radical (unpaired) electrons. The number of carbonyl (C=O) groups is 3. The monoisotopic (exact) mass is 1690 g/mol. The molecule has 2 fully saturated rings. The summed E-state index contributed by atoms with van der Waals surface area (Å²) in [6.45, 7) is 14.8. The van der Waals surface area contributed by atoms with E-state index in [2.05, 4.69) is 22.7 Å². The highest BCUT2D eigenvalue weighted by atomic mass is 32.2. The molecule has 5 unspecified atom stereocenters. The van der Waals surface area contributed by atoms with E-state index in [1.54, 1.807) is 103 Å². The predicted molar refractivity (Wildman–Crippen MR) is 433 cm³/mol. The van der Waals surface area contributed by atoms with Gasteiger partial charge >= 0.3 is 5.97 Å². The molecule has 5 N–H and O–H groups in total. The topological polar surface area (TPSA) is 380 Å². The Balaban J connectivity index is 0.825. The van der Waals surface area contributed by atoms with Crippen LogP contribution in [0.4, 0.5) is 0 Å². The number of phenolic OH excluding ortho intramolecular Hbond substituents is 1. The largest absolute Gasteiger partial charge is 0.508 e. The van der Waals surface area contributed by atoms with Crippen LogP contribution in [0.2, 0.25) is 0 Å². The van der Waals surface area contributed by atoms with Gasteiger partial charge in [-0.2, -0.15) is 13.0 Å². The number of pyridine rings is 1. The lowest BCUT2D eigenvalue weighted by Crippen LogP contribution is -2.45. The molecule has 33 nitrogen and oxygen atoms in total. The number of hydrogen-bond acceptors (Lipinski definition) is 29. The van der Waals surface area contributed by atoms with E-state index in [-0.39, 0.29) is 146 Å². The summed E-state index contributed by atoms with van der Waals surface area (Å²) >= 11 is 0. The lowest BCUT2D eigenvalue weighted by atomic mass is 9.55. The number of oxime groups is 1. The maximum Gasteiger partial charge on any atom is 0.345 e. The van der Waals surface area contributed by atoms with Gasteiger partial charge in [0.25, 0.3) is 21.9 Å². The molecule has 1 aromatic heterocycles. The van der Waals surface area contributed by atoms with E-state index in [0.29, 0.717) is 205 Å². The number of amides is 2. The number of benzene rings is 4. The number of phenols is 1. The summed E-state index contributed by atoms with van der Waals surface area (Å²) in [5, 5.41) is 32.0. The Labute approximate surface area is 692 Å². The number of hydrogen-bond donors (Lipinski definition) is 5. The van der Waals surface area contributed by atoms with Crippen LogP contribution in [0.3, 0.4) is 0 Å². The number of aliphatic hydroxyl groups is 1. The fourth-order valence-electron chi connectivity index (χ4n) is 14.8. The van der Waals surface area contributed by atoms with Crippen LogP contribution in [0, 0.1) is 31.1 Å². The van der Waals surface area contributed by atoms with E-state index in [1.807, 2.05) is 10.6 Å². The van der Waals surface area contributed by atoms with Gasteiger partial charge in [0.05, 0.1) is 232 Å². The number of ether oxygens (including phenoxy) is 20. The number of nitrogens with zero attached hydrogens (tertiary/aromatic N) is 2. The molecule has 3 aliphatic rings. The number of fused-ring (bicyclic) bond motifs is 7. The molecule has 8 rings (SSSR count). The number of aryl methyl sites for hydroxylation is 3. The minimum Gasteiger partial charge on any atom is -0.508 e. The van der Waals surface area contributed by atoms with Gasteiger partial charge in [0.2, 0.25) is 11.0 Å². The molecule has 2 amide bonds. The fraction of sp³-hybridized carbons (Fsp3) is 0.655. The Morgan fingerprint density at radius 3 is 1.45 bits per heavy atom. The fourth-order valence-corrected chi connectivity index (χ4v) is 15.3. The van der Waals surface area contributed by atoms with Crippen molar-refractivity contribution >= 4 is 55.4 Å². The lowest BCUT2D eigenvalue weighted by molar-refractivity contribution is -0.645. The van der Waals surface area contributed by atoms with E-state index in [0.717, 1.165) is 36.8 Å². The van der Waals surface area contributed by atoms with E-state index in [4.69, 9.17) is 99.6 Å². The van der Waals surface area contributed by atoms with Gasteiger partial charge in [0.1, 0.15) is 35.2 Å². The number of aliphatic hydroxyl groups excluding tert-OH is 1. The number of esters is 1. The maximum atomic E-state index is 15.5. The maximum absolute atomic E-state index is 15.5. The first-order valence-corrected chi connectivity index (χ1v) is 42.2. The number of methoxy groups -OCH3 is 4. The number of rotatable bonds is 64. The predicted octanol–water partition coefficient (Wildman–Crippen LogP) is 6.34. The third-order valence-electron chi connectivity index (χ3n) is 20.5. The summed E-state index contributed by atoms with van der Waals surface area (Å²) < 4.78 is 151. The average Bonchev–Trinajstić information content (AvgIpc) is 1.41. The third-order valence-corrected chi connectivity index (χ3v) is 21.3. The second kappa shape index (κ2) is 53.7. The van der Waals surface area contributed by atoms with Gasteiger partial charge in [-0.1, -0.05) is 18.1 Å². The van der Waals surface area contributed by atoms with Crippen molar-refractivity contribution in [2.45, 2.75) is 90.1 Å². The standard InChI is InChI=1S/C84H124N4O29S/c1-60-49-62(82(92)86-20-23-102-33-35-108-37-39-109-38-36-107-34-32-101-22-19-85-79(91)59-114-87-75-54-70-69(68-12-9-63(89)51-71(68)75)17-18-84(3)74(70)13-16-78(84)90)50-61(2)81(60)117-83(93)80-72-52-64(115-66(55-110-44-40-103-28-24-97-4)56-111-45-41-104-29-25-98-5)10-14-76(72)88(21-8-48-118(94,95)96)77-15-11-65(53-73(77)80)116-67(57-112-46-42-105-30-26-99-6)58-113-47-43-106-31-27-100-7/h9-12,14-15,49-53,66-67,69-70,74,78,90H,8,13,16-48,54-59H2,1-7H3,(H3-,85,86,89,91,92,94,95,96)/p+1. The second-order valence-corrected chi connectivity index (χ2v) is 30.6. The molecule has 660 valence electrons. The van der Waals surface area contributed by atoms with Crippen LogP contribution in [0.15, 0.2) is 71.9 Å². The smallest absolute Gasteiger partial charge is 0.345 e. The minimum atomic E-state index is -4.39. The number of carbonyl (C=O) groups excluding carboxylic acids is 3. The van der Waals surface area contributed by atoms with Crippen molar-refractivity contribution in [3.63, 3.8) is 0 Å². The molecule has 5 aromatic rings. The summed E-state index contributed by atoms with van der Waals surface area (Å²) in [5.41, 5.74) is 4.93. The zero-order chi connectivity index (χ0) is 84.2. The van der Waals surface area contributed by atoms with Gasteiger partial charge in [0, 0.05) is 71.2 Å². The van der Waals surface area contributed by atoms with Crippen molar-refractivity contribution < 1.29 is 142 Å². The van der Waals surface area contributed by atoms with Crippen LogP contribution in [0.25, 0.3) is 21.8 Å². The third kappa shape index (κ3) is 32.4. The molecular weight excluding hydrogens is 1560 g/mol. The van der Waals surface area contributed by atoms with Crippen LogP contribution >= 0.6 is 0 Å². The van der Waals surface area contributed by atoms with Crippen molar-refractivity contribution in [3.8, 4) is 23.0 Å². The van der Waals surface area contributed by atoms with Crippen molar-refractivity contribution in [1.29, 1.82) is 0 Å². The summed E-state index contributed by atoms with van der Waals surface area (Å²) in [5.74, 6) is -0.0860. The van der Waals surface area contributed by atoms with E-state index in [1.165, 1.54) is 0 Å². The SMILES string of the molecule is COCCOCCOCC(COCCOCCOC)Oc1ccc2c(c1)c(C(=O)Oc1c(C)cc(C(=O)NCCOCCOCCOCCOCCOCCNC(=O)CON=C3CC4C(CCC5(C)C(O)CCC45)c4ccc(O)cc43)cc1C)c1cc(OC(COCCOCCOC)COCCOCCOC)ccc1[n+]2CCCS(=O)(=O)O. The highest BCUT2D eigenvalue weighted by molar-refractivity contribution is 7.85. The van der Waals surface area contributed by atoms with Crippen molar-refractivity contribution in [3.05, 3.63) is 100 Å². The first-order valence-electron chi connectivity index (χ1n) is 40.6. The molecule has 2 saturated carbocycles. The summed E-state index contributed by atoms with van der Waals surface area (Å²) in [6.07, 6.45) is 2.67. The van der Waals surface area contributed by atoms with Gasteiger partial charge in [-0.25, -0.2) is 4.79 Å². The van der Waals surface area contributed by atoms with Gasteiger partial charge in [-0.15, -0.1) is 0 Å². The molecule has 4 aromatic carbocycles. The molecule has 5 atom stereocenters. The molecule has 0 aliphatic heterocycles. The van der Waals surface area contributed by atoms with Crippen LogP contribution in [0.5, 0.6) is 23.0 Å². The average molecular weight is 1690 g/mol. The summed E-state index contributed by atoms with van der Waals surface area (Å²) in [4.78, 5) is 47.5. The highest BCUT2D eigenvalue weighted by Crippen LogP contribution is 2.61. The Morgan fingerprint density at radius 2 is 0.992 bits per heavy atom. The van der Waals surface area contributed by atoms with E-state index in [9.17, 15) is 32.8 Å². The first kappa shape index (κ1) is 96.5. The van der Waals surface area contributed by atoms with Crippen molar-refractivity contribution in [1.82, 2.24) is 10.6 Å². The van der Waals surface area contributed by atoms with E-state index >= 15 is 4.79 Å². The van der Waals surface area contributed by atoms with Crippen LogP contribution < -0.4 is 29.4 Å². The molecule has 118 heavy (non-hydrogen) atoms. The van der Waals surface area contributed by atoms with Crippen molar-refractivity contribution in [2.75, 3.05) is 252 Å². The molecule has 0 saturated heterocycles. The quantitative estimate of drug-likeness (QED) is 0.00539. The Kier molecular flexibility index (Phi) is 43.9. The molecular formula is C84H125N4O29S+. The Bertz CT molecular complexity index is 3790.